The molecular weight excluding hydrogens is 287 g/mol. The maximum Gasteiger partial charge on any atom is 0.287 e. The maximum absolute atomic E-state index is 13.5. The molecule has 8 heteroatoms. The van der Waals surface area contributed by atoms with E-state index in [1.807, 2.05) is 0 Å². The molecule has 0 aromatic heterocycles. The highest BCUT2D eigenvalue weighted by atomic mass is 19.1. The van der Waals surface area contributed by atoms with Crippen LogP contribution in [0.15, 0.2) is 30.3 Å². The van der Waals surface area contributed by atoms with Gasteiger partial charge in [-0.1, -0.05) is 0 Å². The number of hydrogen-bond donors (Lipinski definition) is 1. The molecule has 0 amide bonds. The lowest BCUT2D eigenvalue weighted by molar-refractivity contribution is -0.385. The van der Waals surface area contributed by atoms with Crippen molar-refractivity contribution in [3.8, 4) is 6.07 Å². The van der Waals surface area contributed by atoms with E-state index in [1.54, 1.807) is 6.07 Å². The van der Waals surface area contributed by atoms with E-state index in [9.17, 15) is 23.3 Å². The monoisotopic (exact) mass is 293 g/mol. The Morgan fingerprint density at radius 1 is 1.14 bits per heavy atom. The molecule has 2 aromatic rings. The Kier molecular flexibility index (Phi) is 3.75. The van der Waals surface area contributed by atoms with Crippen LogP contribution in [0.5, 0.6) is 0 Å². The summed E-state index contributed by atoms with van der Waals surface area (Å²) in [6.07, 6.45) is 0. The van der Waals surface area contributed by atoms with Crippen molar-refractivity contribution < 1.29 is 18.1 Å². The normalized spacial score (nSPS) is 10.0. The number of rotatable bonds is 3. The lowest BCUT2D eigenvalue weighted by atomic mass is 10.1. The zero-order chi connectivity index (χ0) is 15.6. The first kappa shape index (κ1) is 14.3. The second-order valence-electron chi connectivity index (χ2n) is 3.97. The number of nitro benzene ring substituents is 1. The van der Waals surface area contributed by atoms with Gasteiger partial charge in [0.05, 0.1) is 4.92 Å². The molecule has 0 radical (unpaired) electrons. The van der Waals surface area contributed by atoms with E-state index in [0.29, 0.717) is 12.1 Å². The number of nitrogens with one attached hydrogen (secondary N) is 1. The second-order valence-corrected chi connectivity index (χ2v) is 3.97. The van der Waals surface area contributed by atoms with E-state index >= 15 is 0 Å². The van der Waals surface area contributed by atoms with Gasteiger partial charge in [-0.25, -0.2) is 13.2 Å². The summed E-state index contributed by atoms with van der Waals surface area (Å²) in [4.78, 5) is 9.92. The van der Waals surface area contributed by atoms with E-state index in [2.05, 4.69) is 5.32 Å². The molecule has 0 saturated heterocycles. The van der Waals surface area contributed by atoms with Crippen molar-refractivity contribution in [2.45, 2.75) is 0 Å². The van der Waals surface area contributed by atoms with Gasteiger partial charge in [-0.15, -0.1) is 0 Å². The molecule has 21 heavy (non-hydrogen) atoms. The summed E-state index contributed by atoms with van der Waals surface area (Å²) in [7, 11) is 0. The van der Waals surface area contributed by atoms with E-state index in [1.165, 1.54) is 6.07 Å². The fraction of sp³-hybridized carbons (Fsp3) is 0. The molecule has 2 rings (SSSR count). The van der Waals surface area contributed by atoms with Crippen LogP contribution >= 0.6 is 0 Å². The van der Waals surface area contributed by atoms with Gasteiger partial charge >= 0.3 is 0 Å². The number of nitrogens with zero attached hydrogens (tertiary/aromatic N) is 2. The lowest BCUT2D eigenvalue weighted by Crippen LogP contribution is -2.00. The summed E-state index contributed by atoms with van der Waals surface area (Å²) in [6.45, 7) is 0. The minimum Gasteiger partial charge on any atom is -0.351 e. The van der Waals surface area contributed by atoms with E-state index in [0.717, 1.165) is 12.1 Å². The van der Waals surface area contributed by atoms with Crippen LogP contribution in [0.3, 0.4) is 0 Å². The SMILES string of the molecule is N#Cc1cc(Nc2c(F)cc(F)cc2F)ccc1[N+](=O)[O-]. The van der Waals surface area contributed by atoms with Crippen LogP contribution < -0.4 is 5.32 Å². The van der Waals surface area contributed by atoms with E-state index in [-0.39, 0.29) is 11.3 Å². The zero-order valence-corrected chi connectivity index (χ0v) is 10.2. The molecule has 0 heterocycles. The summed E-state index contributed by atoms with van der Waals surface area (Å²) in [5, 5.41) is 21.8. The number of nitro groups is 1. The first-order chi connectivity index (χ1) is 9.92. The maximum atomic E-state index is 13.5. The topological polar surface area (TPSA) is 79.0 Å². The Hall–Kier alpha value is -3.08. The van der Waals surface area contributed by atoms with Gasteiger partial charge in [-0.2, -0.15) is 5.26 Å². The zero-order valence-electron chi connectivity index (χ0n) is 10.2. The molecule has 0 bridgehead atoms. The van der Waals surface area contributed by atoms with Gasteiger partial charge in [0.2, 0.25) is 0 Å². The van der Waals surface area contributed by atoms with Crippen molar-refractivity contribution >= 4 is 17.1 Å². The quantitative estimate of drug-likeness (QED) is 0.692. The van der Waals surface area contributed by atoms with E-state index < -0.39 is 33.7 Å². The van der Waals surface area contributed by atoms with Crippen molar-refractivity contribution in [1.82, 2.24) is 0 Å². The fourth-order valence-electron chi connectivity index (χ4n) is 1.67. The molecule has 0 unspecified atom stereocenters. The Balaban J connectivity index is 2.42. The van der Waals surface area contributed by atoms with Crippen molar-refractivity contribution in [3.05, 3.63) is 63.5 Å². The Morgan fingerprint density at radius 3 is 2.29 bits per heavy atom. The molecule has 0 aliphatic heterocycles. The minimum absolute atomic E-state index is 0.0570. The van der Waals surface area contributed by atoms with Crippen molar-refractivity contribution in [1.29, 1.82) is 5.26 Å². The molecule has 106 valence electrons. The van der Waals surface area contributed by atoms with Crippen LogP contribution in [-0.4, -0.2) is 4.92 Å². The van der Waals surface area contributed by atoms with E-state index in [4.69, 9.17) is 5.26 Å². The van der Waals surface area contributed by atoms with Gasteiger partial charge in [-0.3, -0.25) is 10.1 Å². The highest BCUT2D eigenvalue weighted by Crippen LogP contribution is 2.27. The van der Waals surface area contributed by atoms with Gasteiger partial charge in [0.15, 0.2) is 11.6 Å². The molecule has 0 saturated carbocycles. The number of benzene rings is 2. The van der Waals surface area contributed by atoms with Gasteiger partial charge < -0.3 is 5.32 Å². The molecule has 0 aliphatic rings. The largest absolute Gasteiger partial charge is 0.351 e. The predicted octanol–water partition coefficient (Wildman–Crippen LogP) is 3.63. The van der Waals surface area contributed by atoms with Gasteiger partial charge in [0, 0.05) is 23.9 Å². The highest BCUT2D eigenvalue weighted by molar-refractivity contribution is 5.65. The van der Waals surface area contributed by atoms with Crippen molar-refractivity contribution in [3.63, 3.8) is 0 Å². The van der Waals surface area contributed by atoms with Crippen molar-refractivity contribution in [2.24, 2.45) is 0 Å². The molecular formula is C13H6F3N3O2. The lowest BCUT2D eigenvalue weighted by Gasteiger charge is -2.09. The molecule has 0 aliphatic carbocycles. The molecule has 0 fully saturated rings. The highest BCUT2D eigenvalue weighted by Gasteiger charge is 2.16. The predicted molar refractivity (Wildman–Crippen MR) is 67.4 cm³/mol. The summed E-state index contributed by atoms with van der Waals surface area (Å²) in [5.74, 6) is -3.40. The average Bonchev–Trinajstić information content (AvgIpc) is 2.42. The Labute approximate surface area is 116 Å². The molecule has 2 aromatic carbocycles. The summed E-state index contributed by atoms with van der Waals surface area (Å²) < 4.78 is 39.7. The standard InChI is InChI=1S/C13H6F3N3O2/c14-8-4-10(15)13(11(16)5-8)18-9-1-2-12(19(20)21)7(3-9)6-17/h1-5,18H. The first-order valence-electron chi connectivity index (χ1n) is 5.52. The van der Waals surface area contributed by atoms with Crippen LogP contribution in [0.25, 0.3) is 0 Å². The third kappa shape index (κ3) is 2.92. The van der Waals surface area contributed by atoms with Crippen molar-refractivity contribution in [2.75, 3.05) is 5.32 Å². The van der Waals surface area contributed by atoms with Crippen LogP contribution in [-0.2, 0) is 0 Å². The minimum atomic E-state index is -1.16. The molecule has 5 nitrogen and oxygen atoms in total. The summed E-state index contributed by atoms with van der Waals surface area (Å²) in [5.41, 5.74) is -1.26. The van der Waals surface area contributed by atoms with Crippen LogP contribution in [0, 0.1) is 38.9 Å². The van der Waals surface area contributed by atoms with Crippen LogP contribution in [0.2, 0.25) is 0 Å². The number of halogens is 3. The van der Waals surface area contributed by atoms with Gasteiger partial charge in [0.1, 0.15) is 23.1 Å². The summed E-state index contributed by atoms with van der Waals surface area (Å²) in [6, 6.07) is 5.87. The van der Waals surface area contributed by atoms with Crippen LogP contribution in [0.1, 0.15) is 5.56 Å². The molecule has 1 N–H and O–H groups in total. The number of hydrogen-bond acceptors (Lipinski definition) is 4. The number of nitriles is 1. The smallest absolute Gasteiger partial charge is 0.287 e. The Bertz CT molecular complexity index is 749. The third-order valence-corrected chi connectivity index (χ3v) is 2.59. The second kappa shape index (κ2) is 5.50. The Morgan fingerprint density at radius 2 is 1.76 bits per heavy atom. The average molecular weight is 293 g/mol. The third-order valence-electron chi connectivity index (χ3n) is 2.59. The van der Waals surface area contributed by atoms with Gasteiger partial charge in [-0.05, 0) is 12.1 Å². The molecule has 0 atom stereocenters. The first-order valence-corrected chi connectivity index (χ1v) is 5.52. The fourth-order valence-corrected chi connectivity index (χ4v) is 1.67. The molecule has 0 spiro atoms. The van der Waals surface area contributed by atoms with Crippen LogP contribution in [0.4, 0.5) is 30.2 Å². The van der Waals surface area contributed by atoms with Gasteiger partial charge in [0.25, 0.3) is 5.69 Å². The summed E-state index contributed by atoms with van der Waals surface area (Å²) >= 11 is 0. The number of anilines is 2.